The van der Waals surface area contributed by atoms with Crippen LogP contribution in [0.2, 0.25) is 0 Å². The van der Waals surface area contributed by atoms with E-state index in [1.54, 1.807) is 26.1 Å². The smallest absolute Gasteiger partial charge is 0.391 e. The van der Waals surface area contributed by atoms with Gasteiger partial charge in [-0.25, -0.2) is 9.54 Å². The van der Waals surface area contributed by atoms with Gasteiger partial charge in [0.05, 0.1) is 39.5 Å². The predicted octanol–water partition coefficient (Wildman–Crippen LogP) is 23.2. The van der Waals surface area contributed by atoms with E-state index in [9.17, 15) is 18.0 Å². The second-order valence-electron chi connectivity index (χ2n) is 31.1. The molecule has 0 bridgehead atoms. The summed E-state index contributed by atoms with van der Waals surface area (Å²) < 4.78 is 88.6. The third kappa shape index (κ3) is 16.8. The highest BCUT2D eigenvalue weighted by molar-refractivity contribution is 7.67. The molecule has 0 N–H and O–H groups in total. The highest BCUT2D eigenvalue weighted by Crippen LogP contribution is 2.71. The van der Waals surface area contributed by atoms with Gasteiger partial charge in [0.1, 0.15) is 11.5 Å². The van der Waals surface area contributed by atoms with Crippen LogP contribution in [-0.4, -0.2) is 58.9 Å². The Morgan fingerprint density at radius 3 is 1.48 bits per heavy atom. The van der Waals surface area contributed by atoms with E-state index >= 15 is 0 Å². The van der Waals surface area contributed by atoms with Crippen molar-refractivity contribution >= 4 is 21.1 Å². The number of fused-ring (bicyclic) bond motifs is 10. The molecular weight excluding hydrogens is 1160 g/mol. The minimum Gasteiger partial charge on any atom is -0.494 e. The van der Waals surface area contributed by atoms with Gasteiger partial charge in [-0.1, -0.05) is 129 Å². The molecule has 0 amide bonds. The number of hydrogen-bond acceptors (Lipinski definition) is 8. The topological polar surface area (TPSA) is 97.2 Å². The first-order chi connectivity index (χ1) is 42.7. The number of nitrogens with zero attached hydrogens (tertiary/aromatic N) is 2. The fourth-order valence-electron chi connectivity index (χ4n) is 20.9. The van der Waals surface area contributed by atoms with Crippen molar-refractivity contribution in [2.24, 2.45) is 90.1 Å². The first kappa shape index (κ1) is 69.4. The van der Waals surface area contributed by atoms with E-state index in [4.69, 9.17) is 32.1 Å². The Labute approximate surface area is 536 Å². The number of esters is 1. The van der Waals surface area contributed by atoms with Crippen molar-refractivity contribution in [3.63, 3.8) is 0 Å². The van der Waals surface area contributed by atoms with Crippen molar-refractivity contribution in [2.45, 2.75) is 253 Å². The Morgan fingerprint density at radius 1 is 0.551 bits per heavy atom. The van der Waals surface area contributed by atoms with Crippen LogP contribution in [0.5, 0.6) is 11.5 Å². The summed E-state index contributed by atoms with van der Waals surface area (Å²) in [5.41, 5.74) is 4.47. The van der Waals surface area contributed by atoms with E-state index in [0.717, 1.165) is 134 Å². The van der Waals surface area contributed by atoms with Crippen molar-refractivity contribution in [3.05, 3.63) is 60.7 Å². The van der Waals surface area contributed by atoms with Crippen LogP contribution in [0.25, 0.3) is 11.1 Å². The van der Waals surface area contributed by atoms with Gasteiger partial charge in [-0.3, -0.25) is 0 Å². The van der Waals surface area contributed by atoms with Crippen LogP contribution in [0, 0.1) is 80.8 Å². The molecular formula is C75H117F3N2O7P2. The second-order valence-corrected chi connectivity index (χ2v) is 35.8. The number of hydrogen-bond donors (Lipinski definition) is 0. The molecule has 2 aromatic rings. The van der Waals surface area contributed by atoms with Crippen molar-refractivity contribution in [2.75, 3.05) is 46.7 Å². The Balaban J connectivity index is 0.708. The SMILES string of the molecule is C=C(C)C(=O)Oc1ccc(-c2ccc(OCCCCCCOP(C)(=NP(=NC)(OCCCCCC3CC[C@]4(C)C(CC[C@]5(C)C6CCCC6CCC45)C3)OCCC(F)(F)F)OCCCCCC3CC[C@@]4(C)C(CC[C@@]5(C)C6CCCC6CCC45)C3)cc2)cc1. The quantitative estimate of drug-likeness (QED) is 0.0253. The monoisotopic (exact) mass is 1280 g/mol. The molecule has 8 aliphatic carbocycles. The highest BCUT2D eigenvalue weighted by atomic mass is 31.2. The summed E-state index contributed by atoms with van der Waals surface area (Å²) in [7, 11) is -5.04. The molecule has 2 aromatic carbocycles. The van der Waals surface area contributed by atoms with Gasteiger partial charge in [0, 0.05) is 19.3 Å². The molecule has 8 fully saturated rings. The largest absolute Gasteiger partial charge is 0.494 e. The minimum atomic E-state index is -4.39. The fraction of sp³-hybridized carbons (Fsp3) is 0.800. The molecule has 0 radical (unpaired) electrons. The highest BCUT2D eigenvalue weighted by Gasteiger charge is 2.62. The van der Waals surface area contributed by atoms with Gasteiger partial charge < -0.3 is 27.6 Å². The normalized spacial score (nSPS) is 34.5. The van der Waals surface area contributed by atoms with Gasteiger partial charge in [0.25, 0.3) is 0 Å². The number of ether oxygens (including phenoxy) is 2. The molecule has 0 saturated heterocycles. The molecule has 16 atom stereocenters. The zero-order valence-corrected chi connectivity index (χ0v) is 58.0. The van der Waals surface area contributed by atoms with Gasteiger partial charge >= 0.3 is 19.8 Å². The molecule has 89 heavy (non-hydrogen) atoms. The number of halogens is 3. The zero-order valence-electron chi connectivity index (χ0n) is 56.2. The van der Waals surface area contributed by atoms with Gasteiger partial charge in [0.2, 0.25) is 7.51 Å². The average Bonchev–Trinajstić information content (AvgIpc) is 1.69. The standard InChI is InChI=1S/C75H117F3N2O7P2/c1-55(2)70(81)87-65-35-29-59(30-36-65)58-27-33-64(34-28-58)82-48-15-9-10-16-49-83-88(8,84-50-17-11-13-21-56-39-43-71(3)62(53-56)41-45-73(5)66-25-19-23-60(66)31-37-68(71)73)80-89(79-7,86-52-47-75(76,77)78)85-51-18-12-14-22-57-40-44-72(4)63(54-57)42-46-74(6)67-26-20-24-61(67)32-38-69(72)74/h27-30,33-36,56-57,60-63,66-69H,1,9-26,31-32,37-54H2,2-8H3/t56?,57?,60?,61?,62?,63?,66?,67?,68?,69?,71-,72+,73-,74+,88?,89?/m0/s1. The molecule has 8 saturated carbocycles. The van der Waals surface area contributed by atoms with Gasteiger partial charge in [-0.05, 0) is 258 Å². The maximum absolute atomic E-state index is 13.8. The van der Waals surface area contributed by atoms with E-state index < -0.39 is 40.3 Å². The fourth-order valence-corrected chi connectivity index (χ4v) is 25.7. The number of carbonyl (C=O) groups excluding carboxylic acids is 1. The maximum Gasteiger partial charge on any atom is 0.391 e. The number of alkyl halides is 3. The summed E-state index contributed by atoms with van der Waals surface area (Å²) >= 11 is 0. The van der Waals surface area contributed by atoms with Crippen LogP contribution in [0.1, 0.15) is 247 Å². The average molecular weight is 1280 g/mol. The van der Waals surface area contributed by atoms with Gasteiger partial charge in [0.15, 0.2) is 0 Å². The van der Waals surface area contributed by atoms with E-state index in [2.05, 4.69) is 39.0 Å². The van der Waals surface area contributed by atoms with Gasteiger partial charge in [-0.2, -0.15) is 17.7 Å². The lowest BCUT2D eigenvalue weighted by atomic mass is 9.41. The van der Waals surface area contributed by atoms with Crippen molar-refractivity contribution < 1.29 is 45.5 Å². The third-order valence-electron chi connectivity index (χ3n) is 25.7. The minimum absolute atomic E-state index is 0.312. The Hall–Kier alpha value is -2.46. The van der Waals surface area contributed by atoms with Crippen LogP contribution >= 0.6 is 15.2 Å². The molecule has 12 unspecified atom stereocenters. The lowest BCUT2D eigenvalue weighted by Gasteiger charge is -2.64. The predicted molar refractivity (Wildman–Crippen MR) is 358 cm³/mol. The van der Waals surface area contributed by atoms with E-state index in [0.29, 0.717) is 59.4 Å². The van der Waals surface area contributed by atoms with Crippen LogP contribution in [0.3, 0.4) is 0 Å². The zero-order chi connectivity index (χ0) is 62.9. The molecule has 9 nitrogen and oxygen atoms in total. The molecule has 0 aromatic heterocycles. The third-order valence-corrected chi connectivity index (χ3v) is 30.8. The molecule has 0 aliphatic heterocycles. The number of unbranched alkanes of at least 4 members (excludes halogenated alkanes) is 7. The molecule has 8 aliphatic rings. The van der Waals surface area contributed by atoms with E-state index in [-0.39, 0.29) is 0 Å². The number of benzene rings is 2. The van der Waals surface area contributed by atoms with Crippen LogP contribution in [-0.2, 0) is 22.9 Å². The lowest BCUT2D eigenvalue weighted by molar-refractivity contribution is -0.145. The Kier molecular flexibility index (Phi) is 23.8. The first-order valence-electron chi connectivity index (χ1n) is 36.1. The van der Waals surface area contributed by atoms with Crippen molar-refractivity contribution in [1.29, 1.82) is 0 Å². The lowest BCUT2D eigenvalue weighted by Crippen LogP contribution is -2.56. The Morgan fingerprint density at radius 2 is 1.00 bits per heavy atom. The van der Waals surface area contributed by atoms with Crippen LogP contribution in [0.4, 0.5) is 13.2 Å². The van der Waals surface area contributed by atoms with Gasteiger partial charge in [-0.15, -0.1) is 0 Å². The van der Waals surface area contributed by atoms with Crippen LogP contribution in [0.15, 0.2) is 69.9 Å². The van der Waals surface area contributed by atoms with E-state index in [1.165, 1.54) is 148 Å². The summed E-state index contributed by atoms with van der Waals surface area (Å²) in [5.74, 6) is 9.78. The van der Waals surface area contributed by atoms with Crippen molar-refractivity contribution in [3.8, 4) is 22.6 Å². The molecule has 500 valence electrons. The van der Waals surface area contributed by atoms with E-state index in [1.807, 2.05) is 43.1 Å². The maximum atomic E-state index is 13.8. The summed E-state index contributed by atoms with van der Waals surface area (Å²) in [4.78, 5) is 11.9. The van der Waals surface area contributed by atoms with Crippen LogP contribution < -0.4 is 9.47 Å². The second kappa shape index (κ2) is 30.5. The first-order valence-corrected chi connectivity index (χ1v) is 39.7. The summed E-state index contributed by atoms with van der Waals surface area (Å²) in [6.45, 7) is 19.1. The number of carbonyl (C=O) groups is 1. The molecule has 10 rings (SSSR count). The summed E-state index contributed by atoms with van der Waals surface area (Å²) in [6.07, 6.45) is 35.0. The summed E-state index contributed by atoms with van der Waals surface area (Å²) in [6, 6.07) is 15.4. The summed E-state index contributed by atoms with van der Waals surface area (Å²) in [5, 5.41) is 0. The molecule has 14 heteroatoms. The number of rotatable bonds is 30. The Bertz CT molecular complexity index is 2740. The van der Waals surface area contributed by atoms with Crippen molar-refractivity contribution in [1.82, 2.24) is 0 Å². The molecule has 0 heterocycles. The molecule has 0 spiro atoms.